The van der Waals surface area contributed by atoms with Crippen molar-refractivity contribution in [3.05, 3.63) is 71.8 Å². The summed E-state index contributed by atoms with van der Waals surface area (Å²) in [6.07, 6.45) is 0. The second-order valence-corrected chi connectivity index (χ2v) is 6.97. The zero-order valence-corrected chi connectivity index (χ0v) is 14.0. The van der Waals surface area contributed by atoms with E-state index in [1.807, 2.05) is 74.5 Å². The Morgan fingerprint density at radius 3 is 2.13 bits per heavy atom. The molecule has 0 bridgehead atoms. The van der Waals surface area contributed by atoms with Crippen LogP contribution in [0.2, 0.25) is 0 Å². The first kappa shape index (κ1) is 16.0. The second kappa shape index (κ2) is 5.66. The number of amides is 1. The van der Waals surface area contributed by atoms with Gasteiger partial charge in [-0.3, -0.25) is 4.79 Å². The molecule has 1 heterocycles. The summed E-state index contributed by atoms with van der Waals surface area (Å²) >= 11 is 6.40. The highest BCUT2D eigenvalue weighted by Crippen LogP contribution is 2.53. The standard InChI is InChI=1S/C19H20ClNO2/c1-18(2)16(20)17(22)21(13-14-9-5-3-6-10-14)19(18,23)15-11-7-4-8-12-15/h3-12,16,23H,13H2,1-2H3/t16-,19-/m0/s1. The number of rotatable bonds is 3. The molecule has 2 atom stereocenters. The van der Waals surface area contributed by atoms with Crippen LogP contribution in [0, 0.1) is 5.41 Å². The first-order chi connectivity index (χ1) is 10.9. The molecule has 1 saturated heterocycles. The fourth-order valence-electron chi connectivity index (χ4n) is 3.29. The Morgan fingerprint density at radius 2 is 1.57 bits per heavy atom. The smallest absolute Gasteiger partial charge is 0.244 e. The second-order valence-electron chi connectivity index (χ2n) is 6.53. The van der Waals surface area contributed by atoms with E-state index in [1.165, 1.54) is 4.90 Å². The molecule has 4 heteroatoms. The lowest BCUT2D eigenvalue weighted by atomic mass is 9.77. The van der Waals surface area contributed by atoms with Crippen LogP contribution >= 0.6 is 11.6 Å². The van der Waals surface area contributed by atoms with Gasteiger partial charge in [-0.2, -0.15) is 0 Å². The highest BCUT2D eigenvalue weighted by atomic mass is 35.5. The minimum absolute atomic E-state index is 0.244. The van der Waals surface area contributed by atoms with Crippen LogP contribution in [0.5, 0.6) is 0 Å². The van der Waals surface area contributed by atoms with Crippen molar-refractivity contribution in [2.75, 3.05) is 0 Å². The van der Waals surface area contributed by atoms with Gasteiger partial charge in [-0.25, -0.2) is 0 Å². The Hall–Kier alpha value is -1.84. The van der Waals surface area contributed by atoms with Crippen molar-refractivity contribution in [3.8, 4) is 0 Å². The third-order valence-electron chi connectivity index (χ3n) is 4.77. The van der Waals surface area contributed by atoms with E-state index in [9.17, 15) is 9.90 Å². The topological polar surface area (TPSA) is 40.5 Å². The van der Waals surface area contributed by atoms with Gasteiger partial charge in [0.05, 0.1) is 0 Å². The van der Waals surface area contributed by atoms with E-state index in [2.05, 4.69) is 0 Å². The number of halogens is 1. The Kier molecular flexibility index (Phi) is 3.95. The molecule has 0 aliphatic carbocycles. The van der Waals surface area contributed by atoms with Gasteiger partial charge in [0, 0.05) is 17.5 Å². The maximum Gasteiger partial charge on any atom is 0.244 e. The largest absolute Gasteiger partial charge is 0.366 e. The lowest BCUT2D eigenvalue weighted by Crippen LogP contribution is -2.50. The lowest BCUT2D eigenvalue weighted by molar-refractivity contribution is -0.168. The average Bonchev–Trinajstić information content (AvgIpc) is 2.70. The summed E-state index contributed by atoms with van der Waals surface area (Å²) in [6.45, 7) is 3.98. The Morgan fingerprint density at radius 1 is 1.04 bits per heavy atom. The fourth-order valence-corrected chi connectivity index (χ4v) is 3.56. The van der Waals surface area contributed by atoms with E-state index in [-0.39, 0.29) is 5.91 Å². The van der Waals surface area contributed by atoms with Gasteiger partial charge in [-0.05, 0) is 5.56 Å². The number of alkyl halides is 1. The van der Waals surface area contributed by atoms with Crippen LogP contribution in [-0.2, 0) is 17.1 Å². The molecule has 1 N–H and O–H groups in total. The van der Waals surface area contributed by atoms with Gasteiger partial charge in [-0.1, -0.05) is 74.5 Å². The zero-order valence-electron chi connectivity index (χ0n) is 13.2. The number of benzene rings is 2. The molecule has 23 heavy (non-hydrogen) atoms. The lowest BCUT2D eigenvalue weighted by Gasteiger charge is -2.42. The maximum absolute atomic E-state index is 12.7. The molecule has 1 aliphatic heterocycles. The van der Waals surface area contributed by atoms with Crippen LogP contribution in [0.4, 0.5) is 0 Å². The molecule has 1 fully saturated rings. The molecule has 0 saturated carbocycles. The van der Waals surface area contributed by atoms with Gasteiger partial charge < -0.3 is 10.0 Å². The molecule has 0 radical (unpaired) electrons. The third-order valence-corrected chi connectivity index (χ3v) is 5.50. The minimum atomic E-state index is -1.45. The molecule has 0 spiro atoms. The Labute approximate surface area is 141 Å². The van der Waals surface area contributed by atoms with Gasteiger partial charge >= 0.3 is 0 Å². The number of carbonyl (C=O) groups is 1. The van der Waals surface area contributed by atoms with Crippen molar-refractivity contribution >= 4 is 17.5 Å². The van der Waals surface area contributed by atoms with Crippen molar-refractivity contribution in [2.24, 2.45) is 5.41 Å². The van der Waals surface area contributed by atoms with Crippen molar-refractivity contribution in [1.82, 2.24) is 4.90 Å². The highest BCUT2D eigenvalue weighted by molar-refractivity contribution is 6.32. The van der Waals surface area contributed by atoms with Gasteiger partial charge in [0.25, 0.3) is 0 Å². The number of aliphatic hydroxyl groups is 1. The van der Waals surface area contributed by atoms with E-state index < -0.39 is 16.5 Å². The zero-order chi connectivity index (χ0) is 16.7. The van der Waals surface area contributed by atoms with Crippen LogP contribution in [-0.4, -0.2) is 21.3 Å². The van der Waals surface area contributed by atoms with Crippen molar-refractivity contribution in [2.45, 2.75) is 31.5 Å². The maximum atomic E-state index is 12.7. The molecule has 2 aromatic rings. The van der Waals surface area contributed by atoms with E-state index in [0.717, 1.165) is 5.56 Å². The predicted octanol–water partition coefficient (Wildman–Crippen LogP) is 3.51. The van der Waals surface area contributed by atoms with E-state index in [1.54, 1.807) is 0 Å². The number of carbonyl (C=O) groups excluding carboxylic acids is 1. The summed E-state index contributed by atoms with van der Waals surface area (Å²) in [4.78, 5) is 14.2. The highest BCUT2D eigenvalue weighted by Gasteiger charge is 2.63. The molecule has 1 aliphatic rings. The van der Waals surface area contributed by atoms with Gasteiger partial charge in [0.2, 0.25) is 5.91 Å². The third kappa shape index (κ3) is 2.35. The quantitative estimate of drug-likeness (QED) is 0.875. The number of hydrogen-bond acceptors (Lipinski definition) is 2. The van der Waals surface area contributed by atoms with Crippen molar-refractivity contribution in [1.29, 1.82) is 0 Å². The number of likely N-dealkylation sites (tertiary alicyclic amines) is 1. The molecule has 2 aromatic carbocycles. The molecule has 0 unspecified atom stereocenters. The molecule has 3 rings (SSSR count). The number of hydrogen-bond donors (Lipinski definition) is 1. The van der Waals surface area contributed by atoms with Crippen molar-refractivity contribution in [3.63, 3.8) is 0 Å². The molecule has 3 nitrogen and oxygen atoms in total. The summed E-state index contributed by atoms with van der Waals surface area (Å²) in [7, 11) is 0. The predicted molar refractivity (Wildman–Crippen MR) is 90.8 cm³/mol. The summed E-state index contributed by atoms with van der Waals surface area (Å²) in [6, 6.07) is 18.9. The molecule has 0 aromatic heterocycles. The summed E-state index contributed by atoms with van der Waals surface area (Å²) in [5.41, 5.74) is -0.635. The molecular weight excluding hydrogens is 310 g/mol. The molecular formula is C19H20ClNO2. The average molecular weight is 330 g/mol. The van der Waals surface area contributed by atoms with Gasteiger partial charge in [0.15, 0.2) is 5.72 Å². The minimum Gasteiger partial charge on any atom is -0.366 e. The van der Waals surface area contributed by atoms with Gasteiger partial charge in [0.1, 0.15) is 5.38 Å². The first-order valence-corrected chi connectivity index (χ1v) is 8.10. The molecule has 120 valence electrons. The first-order valence-electron chi connectivity index (χ1n) is 7.66. The van der Waals surface area contributed by atoms with E-state index in [0.29, 0.717) is 12.1 Å². The summed E-state index contributed by atoms with van der Waals surface area (Å²) in [5.74, 6) is -0.244. The monoisotopic (exact) mass is 329 g/mol. The summed E-state index contributed by atoms with van der Waals surface area (Å²) in [5, 5.41) is 10.8. The van der Waals surface area contributed by atoms with Crippen molar-refractivity contribution < 1.29 is 9.90 Å². The summed E-state index contributed by atoms with van der Waals surface area (Å²) < 4.78 is 0. The fraction of sp³-hybridized carbons (Fsp3) is 0.316. The van der Waals surface area contributed by atoms with Crippen LogP contribution in [0.1, 0.15) is 25.0 Å². The van der Waals surface area contributed by atoms with Gasteiger partial charge in [-0.15, -0.1) is 11.6 Å². The normalized spacial score (nSPS) is 26.5. The van der Waals surface area contributed by atoms with E-state index >= 15 is 0 Å². The molecule has 1 amide bonds. The van der Waals surface area contributed by atoms with E-state index in [4.69, 9.17) is 11.6 Å². The Bertz CT molecular complexity index is 702. The van der Waals surface area contributed by atoms with Crippen LogP contribution in [0.3, 0.4) is 0 Å². The SMILES string of the molecule is CC1(C)[C@@H](Cl)C(=O)N(Cc2ccccc2)[C@]1(O)c1ccccc1. The van der Waals surface area contributed by atoms with Crippen LogP contribution in [0.15, 0.2) is 60.7 Å². The number of nitrogens with zero attached hydrogens (tertiary/aromatic N) is 1. The Balaban J connectivity index is 2.10. The van der Waals surface area contributed by atoms with Crippen LogP contribution < -0.4 is 0 Å². The van der Waals surface area contributed by atoms with Crippen LogP contribution in [0.25, 0.3) is 0 Å².